The standard InChI is InChI=1S/C16H24N2O2S/c1-13-6-9-18(10-7-13)16(12-17)8-11-21(19,20)15-5-3-2-4-14(15)16/h2-5,13H,6-12,17H2,1H3. The molecule has 0 spiro atoms. The van der Waals surface area contributed by atoms with E-state index in [9.17, 15) is 8.42 Å². The highest BCUT2D eigenvalue weighted by atomic mass is 32.2. The molecule has 1 aromatic carbocycles. The van der Waals surface area contributed by atoms with Crippen LogP contribution in [-0.2, 0) is 15.4 Å². The summed E-state index contributed by atoms with van der Waals surface area (Å²) in [4.78, 5) is 2.92. The monoisotopic (exact) mass is 308 g/mol. The van der Waals surface area contributed by atoms with E-state index in [0.717, 1.165) is 37.4 Å². The first-order valence-electron chi connectivity index (χ1n) is 7.77. The van der Waals surface area contributed by atoms with Crippen molar-refractivity contribution in [2.24, 2.45) is 11.7 Å². The van der Waals surface area contributed by atoms with Crippen molar-refractivity contribution in [3.63, 3.8) is 0 Å². The maximum Gasteiger partial charge on any atom is 0.178 e. The third-order valence-electron chi connectivity index (χ3n) is 5.23. The van der Waals surface area contributed by atoms with Crippen molar-refractivity contribution in [1.29, 1.82) is 0 Å². The van der Waals surface area contributed by atoms with Crippen LogP contribution in [0.4, 0.5) is 0 Å². The zero-order chi connectivity index (χ0) is 15.1. The van der Waals surface area contributed by atoms with Gasteiger partial charge in [0.15, 0.2) is 9.84 Å². The van der Waals surface area contributed by atoms with Crippen LogP contribution < -0.4 is 5.73 Å². The highest BCUT2D eigenvalue weighted by Crippen LogP contribution is 2.42. The van der Waals surface area contributed by atoms with Crippen LogP contribution in [0.5, 0.6) is 0 Å². The lowest BCUT2D eigenvalue weighted by Gasteiger charge is -2.49. The van der Waals surface area contributed by atoms with Crippen molar-refractivity contribution in [3.05, 3.63) is 29.8 Å². The molecule has 5 heteroatoms. The smallest absolute Gasteiger partial charge is 0.178 e. The van der Waals surface area contributed by atoms with Gasteiger partial charge in [-0.05, 0) is 49.9 Å². The molecule has 2 N–H and O–H groups in total. The summed E-state index contributed by atoms with van der Waals surface area (Å²) < 4.78 is 24.7. The molecule has 116 valence electrons. The lowest BCUT2D eigenvalue weighted by atomic mass is 9.82. The third-order valence-corrected chi connectivity index (χ3v) is 7.00. The number of piperidine rings is 1. The molecular formula is C16H24N2O2S. The van der Waals surface area contributed by atoms with Crippen LogP contribution >= 0.6 is 0 Å². The fourth-order valence-electron chi connectivity index (χ4n) is 3.78. The van der Waals surface area contributed by atoms with Crippen LogP contribution in [0.2, 0.25) is 0 Å². The van der Waals surface area contributed by atoms with E-state index in [1.54, 1.807) is 12.1 Å². The maximum absolute atomic E-state index is 12.4. The molecule has 1 unspecified atom stereocenters. The van der Waals surface area contributed by atoms with Gasteiger partial charge in [-0.1, -0.05) is 25.1 Å². The van der Waals surface area contributed by atoms with Gasteiger partial charge in [0, 0.05) is 6.54 Å². The Bertz CT molecular complexity index is 621. The zero-order valence-electron chi connectivity index (χ0n) is 12.6. The molecule has 0 amide bonds. The molecule has 0 bridgehead atoms. The van der Waals surface area contributed by atoms with E-state index < -0.39 is 9.84 Å². The Hall–Kier alpha value is -0.910. The number of rotatable bonds is 2. The van der Waals surface area contributed by atoms with Crippen LogP contribution in [0, 0.1) is 5.92 Å². The summed E-state index contributed by atoms with van der Waals surface area (Å²) in [6.45, 7) is 4.78. The summed E-state index contributed by atoms with van der Waals surface area (Å²) >= 11 is 0. The lowest BCUT2D eigenvalue weighted by Crippen LogP contribution is -2.56. The minimum atomic E-state index is -3.15. The van der Waals surface area contributed by atoms with Gasteiger partial charge in [-0.2, -0.15) is 0 Å². The first-order valence-corrected chi connectivity index (χ1v) is 9.42. The Morgan fingerprint density at radius 3 is 2.62 bits per heavy atom. The Kier molecular flexibility index (Phi) is 3.84. The average molecular weight is 308 g/mol. The molecule has 2 heterocycles. The molecule has 0 aromatic heterocycles. The topological polar surface area (TPSA) is 63.4 Å². The Labute approximate surface area is 127 Å². The van der Waals surface area contributed by atoms with E-state index in [1.807, 2.05) is 12.1 Å². The minimum Gasteiger partial charge on any atom is -0.328 e. The van der Waals surface area contributed by atoms with Crippen molar-refractivity contribution in [2.75, 3.05) is 25.4 Å². The molecular weight excluding hydrogens is 284 g/mol. The van der Waals surface area contributed by atoms with Crippen LogP contribution in [0.1, 0.15) is 31.7 Å². The van der Waals surface area contributed by atoms with Gasteiger partial charge in [-0.3, -0.25) is 4.90 Å². The van der Waals surface area contributed by atoms with Gasteiger partial charge in [-0.25, -0.2) is 8.42 Å². The number of hydrogen-bond donors (Lipinski definition) is 1. The molecule has 0 saturated carbocycles. The first-order chi connectivity index (χ1) is 9.99. The quantitative estimate of drug-likeness (QED) is 0.904. The fraction of sp³-hybridized carbons (Fsp3) is 0.625. The molecule has 0 radical (unpaired) electrons. The number of hydrogen-bond acceptors (Lipinski definition) is 4. The van der Waals surface area contributed by atoms with E-state index in [0.29, 0.717) is 17.9 Å². The minimum absolute atomic E-state index is 0.202. The molecule has 1 aromatic rings. The Morgan fingerprint density at radius 2 is 1.95 bits per heavy atom. The maximum atomic E-state index is 12.4. The van der Waals surface area contributed by atoms with Gasteiger partial charge in [0.2, 0.25) is 0 Å². The number of fused-ring (bicyclic) bond motifs is 1. The summed E-state index contributed by atoms with van der Waals surface area (Å²) in [5.74, 6) is 0.950. The fourth-order valence-corrected chi connectivity index (χ4v) is 5.48. The second kappa shape index (κ2) is 5.38. The van der Waals surface area contributed by atoms with E-state index in [-0.39, 0.29) is 11.3 Å². The van der Waals surface area contributed by atoms with Crippen molar-refractivity contribution in [3.8, 4) is 0 Å². The summed E-state index contributed by atoms with van der Waals surface area (Å²) in [6.07, 6.45) is 2.94. The molecule has 3 rings (SSSR count). The molecule has 4 nitrogen and oxygen atoms in total. The van der Waals surface area contributed by atoms with Crippen molar-refractivity contribution in [2.45, 2.75) is 36.6 Å². The lowest BCUT2D eigenvalue weighted by molar-refractivity contribution is 0.0485. The molecule has 1 saturated heterocycles. The zero-order valence-corrected chi connectivity index (χ0v) is 13.4. The molecule has 2 aliphatic rings. The van der Waals surface area contributed by atoms with Gasteiger partial charge in [0.25, 0.3) is 0 Å². The van der Waals surface area contributed by atoms with Gasteiger partial charge in [0.1, 0.15) is 0 Å². The number of benzene rings is 1. The predicted molar refractivity (Wildman–Crippen MR) is 83.8 cm³/mol. The summed E-state index contributed by atoms with van der Waals surface area (Å²) in [5.41, 5.74) is 6.78. The van der Waals surface area contributed by atoms with E-state index in [2.05, 4.69) is 11.8 Å². The second-order valence-electron chi connectivity index (χ2n) is 6.47. The van der Waals surface area contributed by atoms with Gasteiger partial charge >= 0.3 is 0 Å². The van der Waals surface area contributed by atoms with Crippen LogP contribution in [0.25, 0.3) is 0 Å². The summed E-state index contributed by atoms with van der Waals surface area (Å²) in [6, 6.07) is 7.43. The Morgan fingerprint density at radius 1 is 1.29 bits per heavy atom. The van der Waals surface area contributed by atoms with Gasteiger partial charge in [0.05, 0.1) is 16.2 Å². The van der Waals surface area contributed by atoms with Crippen molar-refractivity contribution < 1.29 is 8.42 Å². The van der Waals surface area contributed by atoms with Crippen LogP contribution in [-0.4, -0.2) is 38.7 Å². The molecule has 2 aliphatic heterocycles. The van der Waals surface area contributed by atoms with Gasteiger partial charge in [-0.15, -0.1) is 0 Å². The normalized spacial score (nSPS) is 30.0. The van der Waals surface area contributed by atoms with E-state index >= 15 is 0 Å². The van der Waals surface area contributed by atoms with E-state index in [1.165, 1.54) is 0 Å². The number of sulfone groups is 1. The summed E-state index contributed by atoms with van der Waals surface area (Å²) in [5, 5.41) is 0. The number of nitrogens with two attached hydrogens (primary N) is 1. The Balaban J connectivity index is 2.07. The number of nitrogens with zero attached hydrogens (tertiary/aromatic N) is 1. The molecule has 1 fully saturated rings. The highest BCUT2D eigenvalue weighted by Gasteiger charge is 2.45. The first kappa shape index (κ1) is 15.0. The molecule has 1 atom stereocenters. The van der Waals surface area contributed by atoms with Crippen LogP contribution in [0.15, 0.2) is 29.2 Å². The van der Waals surface area contributed by atoms with E-state index in [4.69, 9.17) is 5.73 Å². The van der Waals surface area contributed by atoms with Crippen molar-refractivity contribution >= 4 is 9.84 Å². The SMILES string of the molecule is CC1CCN(C2(CN)CCS(=O)(=O)c3ccccc32)CC1. The second-order valence-corrected chi connectivity index (χ2v) is 8.55. The van der Waals surface area contributed by atoms with Gasteiger partial charge < -0.3 is 5.73 Å². The van der Waals surface area contributed by atoms with Crippen molar-refractivity contribution in [1.82, 2.24) is 4.90 Å². The largest absolute Gasteiger partial charge is 0.328 e. The summed E-state index contributed by atoms with van der Waals surface area (Å²) in [7, 11) is -3.15. The highest BCUT2D eigenvalue weighted by molar-refractivity contribution is 7.91. The predicted octanol–water partition coefficient (Wildman–Crippen LogP) is 1.75. The molecule has 0 aliphatic carbocycles. The molecule has 21 heavy (non-hydrogen) atoms. The third kappa shape index (κ3) is 2.41. The average Bonchev–Trinajstić information content (AvgIpc) is 2.50. The van der Waals surface area contributed by atoms with Crippen LogP contribution in [0.3, 0.4) is 0 Å². The number of likely N-dealkylation sites (tertiary alicyclic amines) is 1.